The molecule has 4 atom stereocenters. The molecule has 0 unspecified atom stereocenters. The second kappa shape index (κ2) is 8.01. The topological polar surface area (TPSA) is 207 Å². The smallest absolute Gasteiger partial charge is 0.167 e. The highest BCUT2D eigenvalue weighted by molar-refractivity contribution is 6.00. The zero-order valence-electron chi connectivity index (χ0n) is 16.4. The lowest BCUT2D eigenvalue weighted by molar-refractivity contribution is -0.0511. The van der Waals surface area contributed by atoms with Gasteiger partial charge < -0.3 is 25.8 Å². The first-order valence-electron chi connectivity index (χ1n) is 9.53. The molecule has 0 spiro atoms. The number of fused-ring (bicyclic) bond motifs is 4. The van der Waals surface area contributed by atoms with Crippen molar-refractivity contribution in [3.8, 4) is 0 Å². The average Bonchev–Trinajstić information content (AvgIpc) is 3.53. The Morgan fingerprint density at radius 2 is 1.94 bits per heavy atom. The van der Waals surface area contributed by atoms with Crippen molar-refractivity contribution in [1.29, 1.82) is 0 Å². The van der Waals surface area contributed by atoms with Gasteiger partial charge in [0.25, 0.3) is 0 Å². The first-order chi connectivity index (χ1) is 15.6. The van der Waals surface area contributed by atoms with Crippen LogP contribution in [0, 0.1) is 0 Å². The number of imidazole rings is 1. The highest BCUT2D eigenvalue weighted by Gasteiger charge is 2.43. The maximum atomic E-state index is 9.95. The molecule has 0 bridgehead atoms. The summed E-state index contributed by atoms with van der Waals surface area (Å²) in [5.41, 5.74) is 8.99. The Balaban J connectivity index is 0.000000144. The number of rotatable bonds is 2. The van der Waals surface area contributed by atoms with E-state index >= 15 is 0 Å². The predicted molar refractivity (Wildman–Crippen MR) is 110 cm³/mol. The molecule has 32 heavy (non-hydrogen) atoms. The second-order valence-electron chi connectivity index (χ2n) is 7.04. The van der Waals surface area contributed by atoms with Crippen LogP contribution < -0.4 is 5.73 Å². The van der Waals surface area contributed by atoms with Crippen LogP contribution in [0.3, 0.4) is 0 Å². The predicted octanol–water partition coefficient (Wildman–Crippen LogP) is -1.08. The van der Waals surface area contributed by atoms with Gasteiger partial charge >= 0.3 is 0 Å². The van der Waals surface area contributed by atoms with Crippen LogP contribution >= 0.6 is 0 Å². The van der Waals surface area contributed by atoms with Crippen LogP contribution in [0.15, 0.2) is 37.3 Å². The van der Waals surface area contributed by atoms with Crippen molar-refractivity contribution in [2.24, 2.45) is 0 Å². The molecule has 1 aromatic carbocycles. The highest BCUT2D eigenvalue weighted by Crippen LogP contribution is 2.31. The summed E-state index contributed by atoms with van der Waals surface area (Å²) in [7, 11) is 0. The molecule has 5 heterocycles. The van der Waals surface area contributed by atoms with E-state index in [0.717, 1.165) is 21.9 Å². The van der Waals surface area contributed by atoms with E-state index in [1.165, 1.54) is 23.5 Å². The molecule has 14 heteroatoms. The van der Waals surface area contributed by atoms with E-state index in [9.17, 15) is 10.2 Å². The van der Waals surface area contributed by atoms with E-state index in [1.807, 2.05) is 12.1 Å². The van der Waals surface area contributed by atoms with Crippen LogP contribution in [0.5, 0.6) is 0 Å². The summed E-state index contributed by atoms with van der Waals surface area (Å²) in [6.07, 6.45) is 1.86. The van der Waals surface area contributed by atoms with Crippen LogP contribution in [0.2, 0.25) is 0 Å². The molecule has 5 aromatic rings. The van der Waals surface area contributed by atoms with Crippen molar-refractivity contribution < 1.29 is 20.1 Å². The van der Waals surface area contributed by atoms with Crippen molar-refractivity contribution in [3.05, 3.63) is 37.3 Å². The normalized spacial score (nSPS) is 23.0. The standard InChI is InChI=1S/C10H13N5O4.C8H5N5/c11-8-5-9(13-2-12-8)15(3-14-5)10-7(18)6(17)4(1-16)19-10;1-2-6-8(12-13-11-6)7-5(1)3-9-4-10-7/h2-4,6-7,10,16-18H,1H2,(H2,11,12,13);1-4H,(H,11,12,13)/t4-,6-,7-,10-;/m1./s1. The fourth-order valence-electron chi connectivity index (χ4n) is 3.53. The maximum absolute atomic E-state index is 9.95. The third-order valence-electron chi connectivity index (χ3n) is 5.15. The van der Waals surface area contributed by atoms with Gasteiger partial charge in [-0.3, -0.25) is 9.67 Å². The van der Waals surface area contributed by atoms with Gasteiger partial charge in [-0.05, 0) is 12.1 Å². The molecule has 0 radical (unpaired) electrons. The molecule has 1 fully saturated rings. The Hall–Kier alpha value is -3.85. The summed E-state index contributed by atoms with van der Waals surface area (Å²) in [5.74, 6) is 0.218. The minimum Gasteiger partial charge on any atom is -0.394 e. The Kier molecular flexibility index (Phi) is 5.02. The number of nitrogens with two attached hydrogens (primary N) is 1. The Labute approximate surface area is 178 Å². The Morgan fingerprint density at radius 1 is 1.06 bits per heavy atom. The molecular formula is C18H18N10O4. The summed E-state index contributed by atoms with van der Waals surface area (Å²) in [5, 5.41) is 40.2. The molecule has 14 nitrogen and oxygen atoms in total. The quantitative estimate of drug-likeness (QED) is 0.223. The molecule has 1 saturated heterocycles. The summed E-state index contributed by atoms with van der Waals surface area (Å²) >= 11 is 0. The number of benzene rings is 1. The van der Waals surface area contributed by atoms with Gasteiger partial charge in [0.05, 0.1) is 12.9 Å². The number of H-pyrrole nitrogens is 1. The van der Waals surface area contributed by atoms with Gasteiger partial charge in [0.1, 0.15) is 53.0 Å². The van der Waals surface area contributed by atoms with Gasteiger partial charge in [0.2, 0.25) is 0 Å². The van der Waals surface area contributed by atoms with Crippen LogP contribution in [-0.2, 0) is 4.74 Å². The Morgan fingerprint density at radius 3 is 2.75 bits per heavy atom. The lowest BCUT2D eigenvalue weighted by atomic mass is 10.1. The maximum Gasteiger partial charge on any atom is 0.167 e. The van der Waals surface area contributed by atoms with E-state index in [-0.39, 0.29) is 5.82 Å². The summed E-state index contributed by atoms with van der Waals surface area (Å²) in [4.78, 5) is 20.0. The van der Waals surface area contributed by atoms with Crippen LogP contribution in [-0.4, -0.2) is 85.1 Å². The number of aromatic amines is 1. The van der Waals surface area contributed by atoms with Crippen LogP contribution in [0.25, 0.3) is 33.1 Å². The fourth-order valence-corrected chi connectivity index (χ4v) is 3.53. The van der Waals surface area contributed by atoms with Gasteiger partial charge in [-0.15, -0.1) is 5.10 Å². The zero-order chi connectivity index (χ0) is 22.2. The summed E-state index contributed by atoms with van der Waals surface area (Å²) in [6.45, 7) is -0.390. The fraction of sp³-hybridized carbons (Fsp3) is 0.278. The molecule has 6 rings (SSSR count). The molecular weight excluding hydrogens is 420 g/mol. The van der Waals surface area contributed by atoms with Crippen molar-refractivity contribution in [2.75, 3.05) is 12.3 Å². The number of anilines is 1. The average molecular weight is 438 g/mol. The van der Waals surface area contributed by atoms with Crippen LogP contribution in [0.1, 0.15) is 6.23 Å². The monoisotopic (exact) mass is 438 g/mol. The number of aliphatic hydroxyl groups is 3. The second-order valence-corrected chi connectivity index (χ2v) is 7.04. The molecule has 1 aliphatic heterocycles. The molecule has 4 aromatic heterocycles. The summed E-state index contributed by atoms with van der Waals surface area (Å²) in [6, 6.07) is 3.82. The van der Waals surface area contributed by atoms with E-state index in [2.05, 4.69) is 40.3 Å². The molecule has 0 saturated carbocycles. The van der Waals surface area contributed by atoms with Crippen molar-refractivity contribution in [3.63, 3.8) is 0 Å². The molecule has 6 N–H and O–H groups in total. The van der Waals surface area contributed by atoms with E-state index in [1.54, 1.807) is 6.20 Å². The van der Waals surface area contributed by atoms with Gasteiger partial charge in [-0.2, -0.15) is 0 Å². The van der Waals surface area contributed by atoms with Crippen LogP contribution in [0.4, 0.5) is 5.82 Å². The van der Waals surface area contributed by atoms with Gasteiger partial charge in [-0.25, -0.2) is 24.9 Å². The Bertz CT molecular complexity index is 1390. The van der Waals surface area contributed by atoms with Gasteiger partial charge in [0, 0.05) is 11.6 Å². The minimum atomic E-state index is -1.19. The molecule has 0 amide bonds. The minimum absolute atomic E-state index is 0.218. The van der Waals surface area contributed by atoms with Gasteiger partial charge in [-0.1, -0.05) is 5.21 Å². The number of ether oxygens (including phenoxy) is 1. The molecule has 0 aliphatic carbocycles. The highest BCUT2D eigenvalue weighted by atomic mass is 16.6. The first-order valence-corrected chi connectivity index (χ1v) is 9.53. The number of nitrogens with zero attached hydrogens (tertiary/aromatic N) is 8. The van der Waals surface area contributed by atoms with Crippen molar-refractivity contribution >= 4 is 38.9 Å². The number of nitrogens with one attached hydrogen (secondary N) is 1. The number of aromatic nitrogens is 9. The summed E-state index contributed by atoms with van der Waals surface area (Å²) < 4.78 is 6.85. The van der Waals surface area contributed by atoms with Crippen molar-refractivity contribution in [1.82, 2.24) is 44.9 Å². The number of hydrogen-bond acceptors (Lipinski definition) is 12. The van der Waals surface area contributed by atoms with E-state index in [4.69, 9.17) is 15.6 Å². The van der Waals surface area contributed by atoms with E-state index < -0.39 is 31.1 Å². The number of nitrogen functional groups attached to an aromatic ring is 1. The molecule has 164 valence electrons. The first kappa shape index (κ1) is 20.1. The number of hydrogen-bond donors (Lipinski definition) is 5. The van der Waals surface area contributed by atoms with Crippen molar-refractivity contribution in [2.45, 2.75) is 24.5 Å². The molecule has 1 aliphatic rings. The lowest BCUT2D eigenvalue weighted by Gasteiger charge is -2.16. The SMILES string of the molecule is Nc1ncnc2c1ncn2[C@@H]1O[C@H](CO)[C@@H](O)[C@H]1O.c1ncc2ccc3nn[nH]c3c2n1. The largest absolute Gasteiger partial charge is 0.394 e. The van der Waals surface area contributed by atoms with E-state index in [0.29, 0.717) is 11.2 Å². The zero-order valence-corrected chi connectivity index (χ0v) is 16.4. The lowest BCUT2D eigenvalue weighted by Crippen LogP contribution is -2.33. The third-order valence-corrected chi connectivity index (χ3v) is 5.15. The third kappa shape index (κ3) is 3.27. The van der Waals surface area contributed by atoms with Gasteiger partial charge in [0.15, 0.2) is 17.7 Å². The number of aliphatic hydroxyl groups excluding tert-OH is 3.